The van der Waals surface area contributed by atoms with E-state index in [0.717, 1.165) is 18.4 Å². The number of aliphatic hydroxyl groups excluding tert-OH is 1. The monoisotopic (exact) mass is 601 g/mol. The molecule has 0 aromatic heterocycles. The molecule has 0 aliphatic carbocycles. The summed E-state index contributed by atoms with van der Waals surface area (Å²) >= 11 is 0.772. The first kappa shape index (κ1) is 28.4. The molecule has 0 fully saturated rings. The molecule has 1 aromatic carbocycles. The van der Waals surface area contributed by atoms with Gasteiger partial charge in [0.15, 0.2) is 0 Å². The van der Waals surface area contributed by atoms with Gasteiger partial charge in [-0.1, -0.05) is 0 Å². The minimum atomic E-state index is -3.77. The van der Waals surface area contributed by atoms with Gasteiger partial charge in [-0.2, -0.15) is 0 Å². The van der Waals surface area contributed by atoms with Crippen LogP contribution in [0.25, 0.3) is 0 Å². The SMILES string of the molecule is CC(C)[As](CCO)C(=O)c1cc([N+](=O)[O-])cc([N+](=O)[O-])c1N(CCBr)CCOS(C)(=O)=O. The summed E-state index contributed by atoms with van der Waals surface area (Å²) in [6.07, 6.45) is 0.860. The fourth-order valence-electron chi connectivity index (χ4n) is 2.94. The summed E-state index contributed by atoms with van der Waals surface area (Å²) in [6.45, 7) is 3.04. The molecule has 0 radical (unpaired) electrons. The fourth-order valence-corrected chi connectivity index (χ4v) is 7.70. The Labute approximate surface area is 198 Å². The molecule has 0 aliphatic rings. The molecule has 1 unspecified atom stereocenters. The van der Waals surface area contributed by atoms with Crippen LogP contribution in [-0.4, -0.2) is 80.5 Å². The Bertz CT molecular complexity index is 959. The summed E-state index contributed by atoms with van der Waals surface area (Å²) in [6, 6.07) is 1.80. The molecule has 0 saturated carbocycles. The number of carbonyl (C=O) groups excluding carboxylic acids is 1. The first-order chi connectivity index (χ1) is 14.8. The van der Waals surface area contributed by atoms with Crippen molar-refractivity contribution in [1.82, 2.24) is 0 Å². The molecular weight excluding hydrogens is 577 g/mol. The molecule has 0 heterocycles. The molecule has 0 bridgehead atoms. The summed E-state index contributed by atoms with van der Waals surface area (Å²) in [5.41, 5.74) is -1.53. The molecule has 12 nitrogen and oxygen atoms in total. The number of anilines is 1. The normalized spacial score (nSPS) is 12.6. The zero-order valence-corrected chi connectivity index (χ0v) is 22.0. The number of alkyl halides is 1. The number of halogens is 1. The van der Waals surface area contributed by atoms with Gasteiger partial charge < -0.3 is 0 Å². The van der Waals surface area contributed by atoms with Crippen LogP contribution in [0.3, 0.4) is 0 Å². The van der Waals surface area contributed by atoms with Crippen LogP contribution >= 0.6 is 15.9 Å². The Balaban J connectivity index is 3.74. The zero-order valence-electron chi connectivity index (χ0n) is 17.8. The third-order valence-electron chi connectivity index (χ3n) is 4.27. The van der Waals surface area contributed by atoms with Gasteiger partial charge in [0.05, 0.1) is 0 Å². The zero-order chi connectivity index (χ0) is 24.6. The number of non-ortho nitro benzene ring substituents is 1. The average Bonchev–Trinajstić information content (AvgIpc) is 2.68. The molecule has 180 valence electrons. The van der Waals surface area contributed by atoms with E-state index in [9.17, 15) is 38.5 Å². The van der Waals surface area contributed by atoms with Crippen LogP contribution in [0.5, 0.6) is 0 Å². The Morgan fingerprint density at radius 3 is 2.31 bits per heavy atom. The number of nitro groups is 2. The van der Waals surface area contributed by atoms with Crippen molar-refractivity contribution in [3.8, 4) is 0 Å². The number of hydrogen-bond donors (Lipinski definition) is 1. The molecule has 1 aromatic rings. The van der Waals surface area contributed by atoms with E-state index in [1.807, 2.05) is 0 Å². The Morgan fingerprint density at radius 2 is 1.88 bits per heavy atom. The molecule has 1 atom stereocenters. The molecule has 0 saturated heterocycles. The predicted molar refractivity (Wildman–Crippen MR) is 124 cm³/mol. The number of benzene rings is 1. The molecule has 1 rings (SSSR count). The van der Waals surface area contributed by atoms with E-state index in [4.69, 9.17) is 4.18 Å². The van der Waals surface area contributed by atoms with Gasteiger partial charge in [-0.25, -0.2) is 0 Å². The third kappa shape index (κ3) is 8.07. The summed E-state index contributed by atoms with van der Waals surface area (Å²) in [7, 11) is -3.77. The van der Waals surface area contributed by atoms with E-state index in [0.29, 0.717) is 5.33 Å². The number of nitrogens with zero attached hydrogens (tertiary/aromatic N) is 3. The van der Waals surface area contributed by atoms with Crippen molar-refractivity contribution in [1.29, 1.82) is 0 Å². The second-order valence-corrected chi connectivity index (χ2v) is 15.3. The van der Waals surface area contributed by atoms with Crippen LogP contribution in [0.15, 0.2) is 12.1 Å². The third-order valence-corrected chi connectivity index (χ3v) is 10.9. The van der Waals surface area contributed by atoms with Gasteiger partial charge in [-0.05, 0) is 0 Å². The number of hydrogen-bond acceptors (Lipinski definition) is 10. The summed E-state index contributed by atoms with van der Waals surface area (Å²) in [4.78, 5) is 36.4. The maximum atomic E-state index is 13.4. The van der Waals surface area contributed by atoms with E-state index < -0.39 is 50.6 Å². The topological polar surface area (TPSA) is 170 Å². The maximum absolute atomic E-state index is 13.4. The van der Waals surface area contributed by atoms with Crippen LogP contribution in [0.2, 0.25) is 9.91 Å². The van der Waals surface area contributed by atoms with E-state index in [1.54, 1.807) is 13.8 Å². The Kier molecular flexibility index (Phi) is 11.2. The molecule has 1 N–H and O–H groups in total. The van der Waals surface area contributed by atoms with Crippen LogP contribution in [0.1, 0.15) is 24.2 Å². The molecule has 0 aliphatic heterocycles. The first-order valence-corrected chi connectivity index (χ1v) is 15.7. The van der Waals surface area contributed by atoms with Gasteiger partial charge in [0, 0.05) is 0 Å². The summed E-state index contributed by atoms with van der Waals surface area (Å²) < 4.78 is 26.8. The van der Waals surface area contributed by atoms with Gasteiger partial charge in [-0.15, -0.1) is 0 Å². The van der Waals surface area contributed by atoms with E-state index >= 15 is 0 Å². The number of carbonyl (C=O) groups is 1. The number of nitro benzene ring substituents is 2. The van der Waals surface area contributed by atoms with Crippen molar-refractivity contribution >= 4 is 62.3 Å². The standard InChI is InChI=1S/C17H25AsBrN3O9S/c1-12(2)18(4-8-23)17(24)14-10-13(21(25)26)11-15(22(27)28)16(14)20(6-5-19)7-9-31-32(3,29)30/h10-12,23H,4-9H2,1-3H3. The van der Waals surface area contributed by atoms with E-state index in [-0.39, 0.29) is 47.5 Å². The van der Waals surface area contributed by atoms with Gasteiger partial charge in [0.2, 0.25) is 0 Å². The van der Waals surface area contributed by atoms with Gasteiger partial charge in [0.1, 0.15) is 0 Å². The first-order valence-electron chi connectivity index (χ1n) is 9.38. The quantitative estimate of drug-likeness (QED) is 0.110. The minimum absolute atomic E-state index is 0.105. The second kappa shape index (κ2) is 12.6. The fraction of sp³-hybridized carbons (Fsp3) is 0.588. The summed E-state index contributed by atoms with van der Waals surface area (Å²) in [5, 5.41) is 33.2. The van der Waals surface area contributed by atoms with Gasteiger partial charge in [0.25, 0.3) is 0 Å². The molecule has 0 spiro atoms. The van der Waals surface area contributed by atoms with Crippen molar-refractivity contribution in [2.24, 2.45) is 0 Å². The summed E-state index contributed by atoms with van der Waals surface area (Å²) in [5.74, 6) is 0. The van der Waals surface area contributed by atoms with Gasteiger partial charge >= 0.3 is 199 Å². The van der Waals surface area contributed by atoms with Crippen LogP contribution in [0.4, 0.5) is 17.1 Å². The Hall–Kier alpha value is -1.60. The van der Waals surface area contributed by atoms with Crippen LogP contribution in [-0.2, 0) is 14.3 Å². The van der Waals surface area contributed by atoms with Crippen LogP contribution < -0.4 is 4.90 Å². The van der Waals surface area contributed by atoms with Crippen molar-refractivity contribution in [2.75, 3.05) is 42.8 Å². The number of rotatable bonds is 14. The van der Waals surface area contributed by atoms with Gasteiger partial charge in [-0.3, -0.25) is 0 Å². The average molecular weight is 602 g/mol. The van der Waals surface area contributed by atoms with Crippen molar-refractivity contribution in [3.63, 3.8) is 0 Å². The van der Waals surface area contributed by atoms with Crippen molar-refractivity contribution in [2.45, 2.75) is 23.8 Å². The van der Waals surface area contributed by atoms with Crippen LogP contribution in [0, 0.1) is 20.2 Å². The van der Waals surface area contributed by atoms with E-state index in [2.05, 4.69) is 15.9 Å². The van der Waals surface area contributed by atoms with Crippen molar-refractivity contribution in [3.05, 3.63) is 37.9 Å². The Morgan fingerprint density at radius 1 is 1.25 bits per heavy atom. The molecule has 15 heteroatoms. The molecule has 32 heavy (non-hydrogen) atoms. The second-order valence-electron chi connectivity index (χ2n) is 6.89. The van der Waals surface area contributed by atoms with Crippen molar-refractivity contribution < 1.29 is 32.3 Å². The van der Waals surface area contributed by atoms with E-state index in [1.165, 1.54) is 4.90 Å². The predicted octanol–water partition coefficient (Wildman–Crippen LogP) is 2.30. The molecular formula is C17H25AsBrN3O9S. The molecule has 0 amide bonds. The number of aliphatic hydroxyl groups is 1.